The predicted octanol–water partition coefficient (Wildman–Crippen LogP) is 4.03. The summed E-state index contributed by atoms with van der Waals surface area (Å²) >= 11 is 3.43. The zero-order valence-electron chi connectivity index (χ0n) is 14.9. The summed E-state index contributed by atoms with van der Waals surface area (Å²) in [7, 11) is 0. The first-order chi connectivity index (χ1) is 11.9. The van der Waals surface area contributed by atoms with Gasteiger partial charge in [-0.25, -0.2) is 0 Å². The van der Waals surface area contributed by atoms with Crippen LogP contribution >= 0.6 is 15.9 Å². The van der Waals surface area contributed by atoms with Crippen LogP contribution in [-0.4, -0.2) is 40.0 Å². The molecule has 1 aromatic heterocycles. The van der Waals surface area contributed by atoms with Gasteiger partial charge in [0.15, 0.2) is 5.69 Å². The standard InChI is InChI=1S/C18H23BrN4O2/c1-5-23(6-2)18(25)12-8-7-9-13(10-12)20-17(24)16-14(19)15(11(3)4)21-22-16/h7-11H,5-6H2,1-4H3,(H,20,24)(H,21,22). The summed E-state index contributed by atoms with van der Waals surface area (Å²) in [5.41, 5.74) is 2.27. The van der Waals surface area contributed by atoms with Crippen LogP contribution in [0.5, 0.6) is 0 Å². The highest BCUT2D eigenvalue weighted by atomic mass is 79.9. The fourth-order valence-electron chi connectivity index (χ4n) is 2.49. The van der Waals surface area contributed by atoms with Crippen molar-refractivity contribution in [2.45, 2.75) is 33.6 Å². The largest absolute Gasteiger partial charge is 0.339 e. The van der Waals surface area contributed by atoms with E-state index in [0.29, 0.717) is 34.5 Å². The van der Waals surface area contributed by atoms with E-state index in [9.17, 15) is 9.59 Å². The SMILES string of the molecule is CCN(CC)C(=O)c1cccc(NC(=O)c2n[nH]c(C(C)C)c2Br)c1. The van der Waals surface area contributed by atoms with Gasteiger partial charge in [-0.1, -0.05) is 19.9 Å². The number of amides is 2. The summed E-state index contributed by atoms with van der Waals surface area (Å²) < 4.78 is 0.662. The molecule has 0 saturated heterocycles. The zero-order chi connectivity index (χ0) is 18.6. The molecule has 0 aliphatic carbocycles. The van der Waals surface area contributed by atoms with Crippen LogP contribution in [0.15, 0.2) is 28.7 Å². The van der Waals surface area contributed by atoms with Gasteiger partial charge in [0.05, 0.1) is 10.2 Å². The molecule has 0 saturated carbocycles. The van der Waals surface area contributed by atoms with E-state index in [-0.39, 0.29) is 17.7 Å². The Kier molecular flexibility index (Phi) is 6.36. The molecule has 2 aromatic rings. The third-order valence-electron chi connectivity index (χ3n) is 3.94. The zero-order valence-corrected chi connectivity index (χ0v) is 16.5. The normalized spacial score (nSPS) is 10.8. The lowest BCUT2D eigenvalue weighted by atomic mass is 10.1. The number of hydrogen-bond donors (Lipinski definition) is 2. The minimum Gasteiger partial charge on any atom is -0.339 e. The first-order valence-corrected chi connectivity index (χ1v) is 9.12. The van der Waals surface area contributed by atoms with Crippen molar-refractivity contribution >= 4 is 33.4 Å². The van der Waals surface area contributed by atoms with Gasteiger partial charge in [0, 0.05) is 24.3 Å². The number of aromatic nitrogens is 2. The smallest absolute Gasteiger partial charge is 0.277 e. The molecule has 2 N–H and O–H groups in total. The lowest BCUT2D eigenvalue weighted by molar-refractivity contribution is 0.0772. The molecule has 1 heterocycles. The molecular formula is C18H23BrN4O2. The van der Waals surface area contributed by atoms with E-state index in [1.165, 1.54) is 0 Å². The quantitative estimate of drug-likeness (QED) is 0.759. The lowest BCUT2D eigenvalue weighted by Crippen LogP contribution is -2.30. The summed E-state index contributed by atoms with van der Waals surface area (Å²) in [5, 5.41) is 9.77. The number of aromatic amines is 1. The third kappa shape index (κ3) is 4.28. The van der Waals surface area contributed by atoms with Crippen LogP contribution in [0.1, 0.15) is 60.2 Å². The Bertz CT molecular complexity index is 766. The molecule has 25 heavy (non-hydrogen) atoms. The molecule has 0 atom stereocenters. The minimum absolute atomic E-state index is 0.0517. The van der Waals surface area contributed by atoms with Gasteiger partial charge in [-0.15, -0.1) is 0 Å². The van der Waals surface area contributed by atoms with E-state index in [4.69, 9.17) is 0 Å². The monoisotopic (exact) mass is 406 g/mol. The average molecular weight is 407 g/mol. The number of nitrogens with zero attached hydrogens (tertiary/aromatic N) is 2. The Morgan fingerprint density at radius 3 is 2.52 bits per heavy atom. The van der Waals surface area contributed by atoms with Gasteiger partial charge in [0.1, 0.15) is 0 Å². The molecule has 0 bridgehead atoms. The fourth-order valence-corrected chi connectivity index (χ4v) is 3.30. The van der Waals surface area contributed by atoms with E-state index in [1.54, 1.807) is 29.2 Å². The number of H-pyrrole nitrogens is 1. The first-order valence-electron chi connectivity index (χ1n) is 8.33. The molecule has 0 radical (unpaired) electrons. The first kappa shape index (κ1) is 19.2. The summed E-state index contributed by atoms with van der Waals surface area (Å²) in [6.07, 6.45) is 0. The molecule has 2 rings (SSSR count). The maximum Gasteiger partial charge on any atom is 0.277 e. The van der Waals surface area contributed by atoms with E-state index >= 15 is 0 Å². The number of hydrogen-bond acceptors (Lipinski definition) is 3. The number of halogens is 1. The number of benzene rings is 1. The van der Waals surface area contributed by atoms with Gasteiger partial charge in [-0.2, -0.15) is 5.10 Å². The van der Waals surface area contributed by atoms with E-state index < -0.39 is 0 Å². The Hall–Kier alpha value is -2.15. The van der Waals surface area contributed by atoms with Crippen LogP contribution in [0.3, 0.4) is 0 Å². The van der Waals surface area contributed by atoms with Crippen molar-refractivity contribution in [1.29, 1.82) is 0 Å². The predicted molar refractivity (Wildman–Crippen MR) is 102 cm³/mol. The van der Waals surface area contributed by atoms with Gasteiger partial charge < -0.3 is 10.2 Å². The third-order valence-corrected chi connectivity index (χ3v) is 4.75. The highest BCUT2D eigenvalue weighted by Gasteiger charge is 2.20. The number of anilines is 1. The Labute approximate surface area is 156 Å². The van der Waals surface area contributed by atoms with E-state index in [0.717, 1.165) is 5.69 Å². The Balaban J connectivity index is 2.19. The highest BCUT2D eigenvalue weighted by molar-refractivity contribution is 9.10. The maximum atomic E-state index is 12.5. The van der Waals surface area contributed by atoms with Crippen molar-refractivity contribution in [3.05, 3.63) is 45.7 Å². The second-order valence-corrected chi connectivity index (χ2v) is 6.76. The topological polar surface area (TPSA) is 78.1 Å². The molecule has 6 nitrogen and oxygen atoms in total. The van der Waals surface area contributed by atoms with Crippen LogP contribution in [0.2, 0.25) is 0 Å². The second kappa shape index (κ2) is 8.29. The van der Waals surface area contributed by atoms with Crippen LogP contribution < -0.4 is 5.32 Å². The number of carbonyl (C=O) groups is 2. The molecule has 0 fully saturated rings. The summed E-state index contributed by atoms with van der Waals surface area (Å²) in [5.74, 6) is -0.162. The molecule has 0 aliphatic rings. The van der Waals surface area contributed by atoms with Gasteiger partial charge in [-0.3, -0.25) is 14.7 Å². The molecule has 1 aromatic carbocycles. The van der Waals surface area contributed by atoms with Crippen LogP contribution in [0, 0.1) is 0 Å². The molecular weight excluding hydrogens is 384 g/mol. The maximum absolute atomic E-state index is 12.5. The van der Waals surface area contributed by atoms with Gasteiger partial charge >= 0.3 is 0 Å². The minimum atomic E-state index is -0.331. The van der Waals surface area contributed by atoms with Crippen LogP contribution in [0.25, 0.3) is 0 Å². The van der Waals surface area contributed by atoms with Gasteiger partial charge in [0.25, 0.3) is 11.8 Å². The molecule has 7 heteroatoms. The van der Waals surface area contributed by atoms with Crippen LogP contribution in [0.4, 0.5) is 5.69 Å². The lowest BCUT2D eigenvalue weighted by Gasteiger charge is -2.18. The molecule has 0 unspecified atom stereocenters. The van der Waals surface area contributed by atoms with Crippen molar-refractivity contribution in [3.8, 4) is 0 Å². The second-order valence-electron chi connectivity index (χ2n) is 5.97. The molecule has 0 spiro atoms. The average Bonchev–Trinajstić information content (AvgIpc) is 2.98. The highest BCUT2D eigenvalue weighted by Crippen LogP contribution is 2.26. The van der Waals surface area contributed by atoms with E-state index in [2.05, 4.69) is 31.4 Å². The molecule has 134 valence electrons. The summed E-state index contributed by atoms with van der Waals surface area (Å²) in [6.45, 7) is 9.20. The molecule has 2 amide bonds. The Morgan fingerprint density at radius 1 is 1.28 bits per heavy atom. The van der Waals surface area contributed by atoms with E-state index in [1.807, 2.05) is 27.7 Å². The number of nitrogens with one attached hydrogen (secondary N) is 2. The van der Waals surface area contributed by atoms with Crippen molar-refractivity contribution in [3.63, 3.8) is 0 Å². The van der Waals surface area contributed by atoms with Gasteiger partial charge in [-0.05, 0) is 53.9 Å². The summed E-state index contributed by atoms with van der Waals surface area (Å²) in [4.78, 5) is 26.7. The fraction of sp³-hybridized carbons (Fsp3) is 0.389. The number of rotatable bonds is 6. The number of carbonyl (C=O) groups excluding carboxylic acids is 2. The van der Waals surface area contributed by atoms with Crippen LogP contribution in [-0.2, 0) is 0 Å². The van der Waals surface area contributed by atoms with Crippen molar-refractivity contribution < 1.29 is 9.59 Å². The molecule has 0 aliphatic heterocycles. The summed E-state index contributed by atoms with van der Waals surface area (Å²) in [6, 6.07) is 6.94. The van der Waals surface area contributed by atoms with Crippen molar-refractivity contribution in [2.24, 2.45) is 0 Å². The van der Waals surface area contributed by atoms with Crippen molar-refractivity contribution in [1.82, 2.24) is 15.1 Å². The van der Waals surface area contributed by atoms with Gasteiger partial charge in [0.2, 0.25) is 0 Å². The Morgan fingerprint density at radius 2 is 1.96 bits per heavy atom. The van der Waals surface area contributed by atoms with Crippen molar-refractivity contribution in [2.75, 3.05) is 18.4 Å².